The summed E-state index contributed by atoms with van der Waals surface area (Å²) < 4.78 is 25.1. The van der Waals surface area contributed by atoms with E-state index in [-0.39, 0.29) is 5.75 Å². The van der Waals surface area contributed by atoms with Gasteiger partial charge in [0.1, 0.15) is 0 Å². The highest BCUT2D eigenvalue weighted by molar-refractivity contribution is 7.92. The fourth-order valence-electron chi connectivity index (χ4n) is 1.12. The number of sulfonamides is 1. The van der Waals surface area contributed by atoms with Crippen LogP contribution in [-0.4, -0.2) is 25.1 Å². The Kier molecular flexibility index (Phi) is 3.89. The highest BCUT2D eigenvalue weighted by Gasteiger charge is 2.07. The van der Waals surface area contributed by atoms with Crippen LogP contribution < -0.4 is 4.72 Å². The van der Waals surface area contributed by atoms with E-state index in [0.29, 0.717) is 17.0 Å². The molecule has 0 aliphatic heterocycles. The van der Waals surface area contributed by atoms with E-state index < -0.39 is 10.0 Å². The lowest BCUT2D eigenvalue weighted by atomic mass is 10.1. The van der Waals surface area contributed by atoms with Crippen molar-refractivity contribution in [1.82, 2.24) is 0 Å². The molecule has 0 amide bonds. The van der Waals surface area contributed by atoms with Gasteiger partial charge in [-0.15, -0.1) is 0 Å². The molecule has 0 aromatic heterocycles. The summed E-state index contributed by atoms with van der Waals surface area (Å²) in [6.07, 6.45) is 0. The molecule has 0 saturated carbocycles. The van der Waals surface area contributed by atoms with Gasteiger partial charge in [-0.05, 0) is 26.0 Å². The average molecular weight is 242 g/mol. The van der Waals surface area contributed by atoms with Crippen molar-refractivity contribution in [1.29, 1.82) is 0 Å². The van der Waals surface area contributed by atoms with E-state index >= 15 is 0 Å². The predicted octanol–water partition coefficient (Wildman–Crippen LogP) is 1.65. The van der Waals surface area contributed by atoms with E-state index in [1.165, 1.54) is 0 Å². The van der Waals surface area contributed by atoms with Crippen LogP contribution in [0.25, 0.3) is 0 Å². The number of oxime groups is 1. The summed E-state index contributed by atoms with van der Waals surface area (Å²) in [7, 11) is -3.27. The van der Waals surface area contributed by atoms with Gasteiger partial charge in [0, 0.05) is 11.3 Å². The number of anilines is 1. The molecule has 5 nitrogen and oxygen atoms in total. The fourth-order valence-corrected chi connectivity index (χ4v) is 1.75. The molecule has 0 aliphatic rings. The standard InChI is InChI=1S/C10H14N2O3S/c1-3-16(14,15)12-10-6-4-5-9(7-10)8(2)11-13/h4-7,12-13H,3H2,1-2H3/b11-8+. The maximum Gasteiger partial charge on any atom is 0.232 e. The first-order valence-corrected chi connectivity index (χ1v) is 6.43. The van der Waals surface area contributed by atoms with Crippen LogP contribution >= 0.6 is 0 Å². The zero-order chi connectivity index (χ0) is 12.2. The second-order valence-electron chi connectivity index (χ2n) is 3.27. The van der Waals surface area contributed by atoms with E-state index in [2.05, 4.69) is 9.88 Å². The van der Waals surface area contributed by atoms with Crippen LogP contribution in [0.15, 0.2) is 29.4 Å². The lowest BCUT2D eigenvalue weighted by molar-refractivity contribution is 0.319. The first-order valence-electron chi connectivity index (χ1n) is 4.78. The van der Waals surface area contributed by atoms with Crippen molar-refractivity contribution in [2.24, 2.45) is 5.16 Å². The van der Waals surface area contributed by atoms with Gasteiger partial charge in [-0.1, -0.05) is 17.3 Å². The third-order valence-corrected chi connectivity index (χ3v) is 3.39. The molecule has 0 saturated heterocycles. The Hall–Kier alpha value is -1.56. The minimum absolute atomic E-state index is 0.0182. The van der Waals surface area contributed by atoms with Crippen molar-refractivity contribution in [3.63, 3.8) is 0 Å². The number of rotatable bonds is 4. The Morgan fingerprint density at radius 1 is 1.50 bits per heavy atom. The molecule has 6 heteroatoms. The lowest BCUT2D eigenvalue weighted by Gasteiger charge is -2.07. The first kappa shape index (κ1) is 12.5. The molecule has 1 aromatic carbocycles. The quantitative estimate of drug-likeness (QED) is 0.478. The topological polar surface area (TPSA) is 78.8 Å². The second kappa shape index (κ2) is 4.98. The highest BCUT2D eigenvalue weighted by atomic mass is 32.2. The number of hydrogen-bond acceptors (Lipinski definition) is 4. The number of hydrogen-bond donors (Lipinski definition) is 2. The molecule has 0 fully saturated rings. The van der Waals surface area contributed by atoms with Crippen molar-refractivity contribution >= 4 is 21.4 Å². The number of benzene rings is 1. The normalized spacial score (nSPS) is 12.5. The molecule has 2 N–H and O–H groups in total. The molecule has 0 aliphatic carbocycles. The Labute approximate surface area is 94.8 Å². The van der Waals surface area contributed by atoms with E-state index in [4.69, 9.17) is 5.21 Å². The summed E-state index contributed by atoms with van der Waals surface area (Å²) in [6, 6.07) is 6.68. The van der Waals surface area contributed by atoms with Crippen LogP contribution in [0.5, 0.6) is 0 Å². The molecule has 0 spiro atoms. The molecular weight excluding hydrogens is 228 g/mol. The van der Waals surface area contributed by atoms with Crippen LogP contribution in [0.2, 0.25) is 0 Å². The number of nitrogens with zero attached hydrogens (tertiary/aromatic N) is 1. The van der Waals surface area contributed by atoms with Gasteiger partial charge < -0.3 is 5.21 Å². The van der Waals surface area contributed by atoms with E-state index in [1.807, 2.05) is 0 Å². The Bertz CT molecular complexity index is 495. The SMILES string of the molecule is CCS(=O)(=O)Nc1cccc(/C(C)=N/O)c1. The average Bonchev–Trinajstić information content (AvgIpc) is 2.28. The van der Waals surface area contributed by atoms with Crippen molar-refractivity contribution in [3.05, 3.63) is 29.8 Å². The van der Waals surface area contributed by atoms with Crippen molar-refractivity contribution in [2.45, 2.75) is 13.8 Å². The van der Waals surface area contributed by atoms with Gasteiger partial charge in [-0.2, -0.15) is 0 Å². The third kappa shape index (κ3) is 3.23. The second-order valence-corrected chi connectivity index (χ2v) is 5.28. The molecule has 1 rings (SSSR count). The molecule has 0 atom stereocenters. The van der Waals surface area contributed by atoms with Gasteiger partial charge >= 0.3 is 0 Å². The molecule has 88 valence electrons. The van der Waals surface area contributed by atoms with Crippen LogP contribution in [-0.2, 0) is 10.0 Å². The van der Waals surface area contributed by atoms with Crippen LogP contribution in [0.4, 0.5) is 5.69 Å². The summed E-state index contributed by atoms with van der Waals surface area (Å²) >= 11 is 0. The van der Waals surface area contributed by atoms with Gasteiger partial charge in [-0.3, -0.25) is 4.72 Å². The zero-order valence-electron chi connectivity index (χ0n) is 9.14. The molecule has 16 heavy (non-hydrogen) atoms. The van der Waals surface area contributed by atoms with Crippen LogP contribution in [0, 0.1) is 0 Å². The van der Waals surface area contributed by atoms with Crippen molar-refractivity contribution in [3.8, 4) is 0 Å². The fraction of sp³-hybridized carbons (Fsp3) is 0.300. The maximum atomic E-state index is 11.3. The Morgan fingerprint density at radius 3 is 2.75 bits per heavy atom. The van der Waals surface area contributed by atoms with Gasteiger partial charge in [-0.25, -0.2) is 8.42 Å². The monoisotopic (exact) mass is 242 g/mol. The molecule has 0 heterocycles. The first-order chi connectivity index (χ1) is 7.48. The maximum absolute atomic E-state index is 11.3. The Morgan fingerprint density at radius 2 is 2.19 bits per heavy atom. The lowest BCUT2D eigenvalue weighted by Crippen LogP contribution is -2.14. The number of nitrogens with one attached hydrogen (secondary N) is 1. The minimum Gasteiger partial charge on any atom is -0.411 e. The van der Waals surface area contributed by atoms with Gasteiger partial charge in [0.2, 0.25) is 10.0 Å². The molecular formula is C10H14N2O3S. The highest BCUT2D eigenvalue weighted by Crippen LogP contribution is 2.13. The van der Waals surface area contributed by atoms with Crippen molar-refractivity contribution < 1.29 is 13.6 Å². The van der Waals surface area contributed by atoms with Gasteiger partial charge in [0.05, 0.1) is 11.5 Å². The smallest absolute Gasteiger partial charge is 0.232 e. The summed E-state index contributed by atoms with van der Waals surface area (Å²) in [5.74, 6) is 0.0182. The predicted molar refractivity (Wildman–Crippen MR) is 63.5 cm³/mol. The molecule has 1 aromatic rings. The zero-order valence-corrected chi connectivity index (χ0v) is 9.95. The Balaban J connectivity index is 3.00. The summed E-state index contributed by atoms with van der Waals surface area (Å²) in [4.78, 5) is 0. The van der Waals surface area contributed by atoms with E-state index in [9.17, 15) is 8.42 Å². The largest absolute Gasteiger partial charge is 0.411 e. The van der Waals surface area contributed by atoms with Gasteiger partial charge in [0.15, 0.2) is 0 Å². The van der Waals surface area contributed by atoms with Crippen LogP contribution in [0.3, 0.4) is 0 Å². The summed E-state index contributed by atoms with van der Waals surface area (Å²) in [5, 5.41) is 11.7. The molecule has 0 bridgehead atoms. The van der Waals surface area contributed by atoms with Gasteiger partial charge in [0.25, 0.3) is 0 Å². The minimum atomic E-state index is -3.27. The summed E-state index contributed by atoms with van der Waals surface area (Å²) in [6.45, 7) is 3.19. The van der Waals surface area contributed by atoms with E-state index in [1.54, 1.807) is 38.1 Å². The van der Waals surface area contributed by atoms with E-state index in [0.717, 1.165) is 0 Å². The van der Waals surface area contributed by atoms with Crippen LogP contribution in [0.1, 0.15) is 19.4 Å². The molecule has 0 radical (unpaired) electrons. The summed E-state index contributed by atoms with van der Waals surface area (Å²) in [5.41, 5.74) is 1.55. The molecule has 0 unspecified atom stereocenters. The third-order valence-electron chi connectivity index (χ3n) is 2.08. The van der Waals surface area contributed by atoms with Crippen molar-refractivity contribution in [2.75, 3.05) is 10.5 Å².